The summed E-state index contributed by atoms with van der Waals surface area (Å²) in [5.74, 6) is 1.15. The topological polar surface area (TPSA) is 74.9 Å². The summed E-state index contributed by atoms with van der Waals surface area (Å²) in [5, 5.41) is 1.08. The van der Waals surface area contributed by atoms with E-state index in [0.717, 1.165) is 33.3 Å². The number of carbonyl (C=O) groups is 2. The number of para-hydroxylation sites is 1. The Balaban J connectivity index is 1.46. The quantitative estimate of drug-likeness (QED) is 0.429. The van der Waals surface area contributed by atoms with Crippen molar-refractivity contribution in [1.29, 1.82) is 0 Å². The third kappa shape index (κ3) is 3.91. The normalized spacial score (nSPS) is 19.1. The molecule has 2 aliphatic rings. The van der Waals surface area contributed by atoms with Crippen LogP contribution in [0, 0.1) is 0 Å². The lowest BCUT2D eigenvalue weighted by molar-refractivity contribution is -0.159. The lowest BCUT2D eigenvalue weighted by Gasteiger charge is -2.47. The molecule has 6 rings (SSSR count). The molecule has 4 aromatic rings. The molecule has 1 fully saturated rings. The lowest BCUT2D eigenvalue weighted by atomic mass is 9.86. The minimum atomic E-state index is -0.584. The molecule has 2 unspecified atom stereocenters. The van der Waals surface area contributed by atoms with E-state index in [1.54, 1.807) is 16.9 Å². The second-order valence-corrected chi connectivity index (χ2v) is 9.51. The molecule has 188 valence electrons. The number of fused-ring (bicyclic) bond motifs is 4. The van der Waals surface area contributed by atoms with E-state index in [1.807, 2.05) is 73.7 Å². The molecule has 3 aromatic carbocycles. The molecule has 2 atom stereocenters. The van der Waals surface area contributed by atoms with E-state index in [2.05, 4.69) is 11.1 Å². The van der Waals surface area contributed by atoms with Gasteiger partial charge in [-0.25, -0.2) is 0 Å². The number of ether oxygens (including phenoxy) is 2. The Morgan fingerprint density at radius 1 is 0.973 bits per heavy atom. The highest BCUT2D eigenvalue weighted by Gasteiger charge is 2.48. The van der Waals surface area contributed by atoms with Gasteiger partial charge in [-0.05, 0) is 41.8 Å². The summed E-state index contributed by atoms with van der Waals surface area (Å²) < 4.78 is 11.4. The molecule has 7 heteroatoms. The number of carbonyl (C=O) groups excluding carboxylic acids is 2. The highest BCUT2D eigenvalue weighted by molar-refractivity contribution is 5.97. The molecular formula is C30H29N3O4. The number of amides is 2. The van der Waals surface area contributed by atoms with Gasteiger partial charge in [0, 0.05) is 29.6 Å². The summed E-state index contributed by atoms with van der Waals surface area (Å²) in [6.07, 6.45) is 0.472. The van der Waals surface area contributed by atoms with Gasteiger partial charge in [-0.15, -0.1) is 0 Å². The monoisotopic (exact) mass is 495 g/mol. The molecule has 1 saturated heterocycles. The fourth-order valence-electron chi connectivity index (χ4n) is 5.74. The largest absolute Gasteiger partial charge is 0.493 e. The first kappa shape index (κ1) is 23.2. The molecule has 0 aliphatic carbocycles. The molecular weight excluding hydrogens is 466 g/mol. The minimum Gasteiger partial charge on any atom is -0.493 e. The first-order valence-electron chi connectivity index (χ1n) is 12.6. The zero-order valence-corrected chi connectivity index (χ0v) is 20.9. The number of rotatable bonds is 6. The number of hydrogen-bond acceptors (Lipinski definition) is 4. The Bertz CT molecular complexity index is 1480. The molecule has 0 saturated carbocycles. The van der Waals surface area contributed by atoms with Crippen LogP contribution in [-0.2, 0) is 22.6 Å². The molecule has 2 aliphatic heterocycles. The summed E-state index contributed by atoms with van der Waals surface area (Å²) in [7, 11) is 1.61. The van der Waals surface area contributed by atoms with Gasteiger partial charge >= 0.3 is 0 Å². The van der Waals surface area contributed by atoms with Gasteiger partial charge in [0.25, 0.3) is 0 Å². The molecule has 0 spiro atoms. The van der Waals surface area contributed by atoms with Crippen LogP contribution in [0.5, 0.6) is 11.5 Å². The Morgan fingerprint density at radius 2 is 1.76 bits per heavy atom. The van der Waals surface area contributed by atoms with Crippen LogP contribution in [0.15, 0.2) is 72.8 Å². The van der Waals surface area contributed by atoms with E-state index in [4.69, 9.17) is 9.47 Å². The summed E-state index contributed by atoms with van der Waals surface area (Å²) in [6, 6.07) is 22.7. The van der Waals surface area contributed by atoms with Crippen molar-refractivity contribution in [3.05, 3.63) is 95.2 Å². The number of hydrogen-bond donors (Lipinski definition) is 1. The number of aromatic amines is 1. The Labute approximate surface area is 215 Å². The number of nitrogens with zero attached hydrogens (tertiary/aromatic N) is 2. The first-order chi connectivity index (χ1) is 18.1. The van der Waals surface area contributed by atoms with Gasteiger partial charge in [0.05, 0.1) is 19.8 Å². The van der Waals surface area contributed by atoms with Crippen molar-refractivity contribution in [2.75, 3.05) is 20.3 Å². The summed E-state index contributed by atoms with van der Waals surface area (Å²) in [6.45, 7) is 2.90. The second kappa shape index (κ2) is 9.32. The number of methoxy groups -OCH3 is 1. The number of nitrogens with one attached hydrogen (secondary N) is 1. The van der Waals surface area contributed by atoms with Crippen molar-refractivity contribution in [3.8, 4) is 11.5 Å². The molecule has 1 N–H and O–H groups in total. The van der Waals surface area contributed by atoms with Crippen molar-refractivity contribution in [2.24, 2.45) is 0 Å². The average molecular weight is 496 g/mol. The lowest BCUT2D eigenvalue weighted by Crippen LogP contribution is -2.62. The van der Waals surface area contributed by atoms with Crippen LogP contribution in [0.1, 0.15) is 35.3 Å². The van der Waals surface area contributed by atoms with Crippen molar-refractivity contribution in [1.82, 2.24) is 14.8 Å². The minimum absolute atomic E-state index is 0.0257. The van der Waals surface area contributed by atoms with E-state index in [-0.39, 0.29) is 18.4 Å². The van der Waals surface area contributed by atoms with Crippen molar-refractivity contribution < 1.29 is 19.1 Å². The third-order valence-electron chi connectivity index (χ3n) is 7.36. The van der Waals surface area contributed by atoms with Crippen LogP contribution in [0.3, 0.4) is 0 Å². The van der Waals surface area contributed by atoms with Crippen molar-refractivity contribution in [2.45, 2.75) is 32.0 Å². The Kier molecular flexibility index (Phi) is 5.83. The van der Waals surface area contributed by atoms with Gasteiger partial charge in [0.15, 0.2) is 11.5 Å². The van der Waals surface area contributed by atoms with Gasteiger partial charge in [-0.1, -0.05) is 54.6 Å². The third-order valence-corrected chi connectivity index (χ3v) is 7.36. The van der Waals surface area contributed by atoms with Gasteiger partial charge in [-0.2, -0.15) is 0 Å². The van der Waals surface area contributed by atoms with Crippen LogP contribution < -0.4 is 9.47 Å². The van der Waals surface area contributed by atoms with Gasteiger partial charge in [0.1, 0.15) is 12.6 Å². The molecule has 1 aromatic heterocycles. The second-order valence-electron chi connectivity index (χ2n) is 9.51. The number of aromatic nitrogens is 1. The smallest absolute Gasteiger partial charge is 0.246 e. The zero-order chi connectivity index (χ0) is 25.5. The molecule has 37 heavy (non-hydrogen) atoms. The van der Waals surface area contributed by atoms with Crippen LogP contribution in [0.4, 0.5) is 0 Å². The molecule has 3 heterocycles. The number of benzene rings is 3. The van der Waals surface area contributed by atoms with Crippen LogP contribution in [0.2, 0.25) is 0 Å². The molecule has 7 nitrogen and oxygen atoms in total. The van der Waals surface area contributed by atoms with Crippen LogP contribution >= 0.6 is 0 Å². The van der Waals surface area contributed by atoms with Crippen LogP contribution in [0.25, 0.3) is 10.9 Å². The predicted octanol–water partition coefficient (Wildman–Crippen LogP) is 4.46. The van der Waals surface area contributed by atoms with E-state index in [1.165, 1.54) is 0 Å². The maximum absolute atomic E-state index is 13.9. The predicted molar refractivity (Wildman–Crippen MR) is 141 cm³/mol. The van der Waals surface area contributed by atoms with Gasteiger partial charge < -0.3 is 24.3 Å². The van der Waals surface area contributed by atoms with Crippen molar-refractivity contribution in [3.63, 3.8) is 0 Å². The van der Waals surface area contributed by atoms with E-state index in [0.29, 0.717) is 31.1 Å². The summed E-state index contributed by atoms with van der Waals surface area (Å²) in [5.41, 5.74) is 4.90. The number of H-pyrrole nitrogens is 1. The van der Waals surface area contributed by atoms with E-state index >= 15 is 0 Å². The maximum atomic E-state index is 13.9. The summed E-state index contributed by atoms with van der Waals surface area (Å²) in [4.78, 5) is 34.7. The fourth-order valence-corrected chi connectivity index (χ4v) is 5.74. The van der Waals surface area contributed by atoms with E-state index in [9.17, 15) is 9.59 Å². The fraction of sp³-hybridized carbons (Fsp3) is 0.267. The average Bonchev–Trinajstić information content (AvgIpc) is 3.30. The van der Waals surface area contributed by atoms with Gasteiger partial charge in [-0.3, -0.25) is 9.59 Å². The zero-order valence-electron chi connectivity index (χ0n) is 20.9. The van der Waals surface area contributed by atoms with E-state index < -0.39 is 12.1 Å². The molecule has 0 radical (unpaired) electrons. The highest BCUT2D eigenvalue weighted by atomic mass is 16.5. The maximum Gasteiger partial charge on any atom is 0.246 e. The SMILES string of the molecule is CCOc1ccc(C2c3[nH]c4ccccc4c3CC3C(=O)N(Cc4ccccc4)CC(=O)N32)cc1OC. The standard InChI is InChI=1S/C30H29N3O4/c1-3-37-25-14-13-20(15-26(25)36-2)29-28-22(21-11-7-8-12-23(21)31-28)16-24-30(35)32(18-27(34)33(24)29)17-19-9-5-4-6-10-19/h4-15,24,29,31H,3,16-18H2,1-2H3. The van der Waals surface area contributed by atoms with Crippen molar-refractivity contribution >= 4 is 22.7 Å². The van der Waals surface area contributed by atoms with Crippen LogP contribution in [-0.4, -0.2) is 52.9 Å². The number of piperazine rings is 1. The Morgan fingerprint density at radius 3 is 2.54 bits per heavy atom. The Hall–Kier alpha value is -4.26. The summed E-state index contributed by atoms with van der Waals surface area (Å²) >= 11 is 0. The molecule has 2 amide bonds. The first-order valence-corrected chi connectivity index (χ1v) is 12.6. The highest BCUT2D eigenvalue weighted by Crippen LogP contribution is 2.44. The van der Waals surface area contributed by atoms with Gasteiger partial charge in [0.2, 0.25) is 11.8 Å². The molecule has 0 bridgehead atoms.